The first kappa shape index (κ1) is 13.9. The lowest BCUT2D eigenvalue weighted by molar-refractivity contribution is 0.0458. The van der Waals surface area contributed by atoms with E-state index in [9.17, 15) is 0 Å². The standard InChI is InChI=1S/C13H18Cl2N2O/c1-2-18-11-3-5-17(6-4-11)13-7-10(8-14)12(15)9-16-13/h7,9,11H,2-6,8H2,1H3. The third-order valence-corrected chi connectivity index (χ3v) is 3.86. The first-order chi connectivity index (χ1) is 8.74. The topological polar surface area (TPSA) is 25.4 Å². The average molecular weight is 289 g/mol. The average Bonchev–Trinajstić information content (AvgIpc) is 2.41. The van der Waals surface area contributed by atoms with E-state index in [1.54, 1.807) is 6.20 Å². The number of rotatable bonds is 4. The maximum Gasteiger partial charge on any atom is 0.128 e. The fraction of sp³-hybridized carbons (Fsp3) is 0.615. The highest BCUT2D eigenvalue weighted by Gasteiger charge is 2.20. The van der Waals surface area contributed by atoms with E-state index in [-0.39, 0.29) is 0 Å². The molecular weight excluding hydrogens is 271 g/mol. The molecule has 1 saturated heterocycles. The molecule has 2 heterocycles. The Morgan fingerprint density at radius 1 is 1.44 bits per heavy atom. The Hall–Kier alpha value is -0.510. The Balaban J connectivity index is 2.01. The second kappa shape index (κ2) is 6.60. The van der Waals surface area contributed by atoms with Gasteiger partial charge in [-0.25, -0.2) is 4.98 Å². The molecule has 0 spiro atoms. The van der Waals surface area contributed by atoms with E-state index in [2.05, 4.69) is 9.88 Å². The van der Waals surface area contributed by atoms with Gasteiger partial charge >= 0.3 is 0 Å². The molecule has 0 bridgehead atoms. The molecule has 1 aliphatic heterocycles. The quantitative estimate of drug-likeness (QED) is 0.793. The second-order valence-corrected chi connectivity index (χ2v) is 5.08. The van der Waals surface area contributed by atoms with Gasteiger partial charge in [0.1, 0.15) is 5.82 Å². The summed E-state index contributed by atoms with van der Waals surface area (Å²) in [6.07, 6.45) is 4.18. The van der Waals surface area contributed by atoms with Gasteiger partial charge in [-0.2, -0.15) is 0 Å². The third-order valence-electron chi connectivity index (χ3n) is 3.23. The number of ether oxygens (including phenoxy) is 1. The molecule has 0 amide bonds. The van der Waals surface area contributed by atoms with E-state index in [1.807, 2.05) is 13.0 Å². The van der Waals surface area contributed by atoms with Crippen LogP contribution in [0.15, 0.2) is 12.3 Å². The summed E-state index contributed by atoms with van der Waals surface area (Å²) in [5, 5.41) is 0.637. The van der Waals surface area contributed by atoms with Crippen LogP contribution in [-0.2, 0) is 10.6 Å². The van der Waals surface area contributed by atoms with Gasteiger partial charge in [0.15, 0.2) is 0 Å². The monoisotopic (exact) mass is 288 g/mol. The number of pyridine rings is 1. The molecule has 0 unspecified atom stereocenters. The normalized spacial score (nSPS) is 17.2. The predicted octanol–water partition coefficient (Wildman–Crippen LogP) is 3.48. The van der Waals surface area contributed by atoms with Crippen LogP contribution in [0.25, 0.3) is 0 Å². The first-order valence-electron chi connectivity index (χ1n) is 6.31. The fourth-order valence-electron chi connectivity index (χ4n) is 2.23. The largest absolute Gasteiger partial charge is 0.378 e. The van der Waals surface area contributed by atoms with Crippen molar-refractivity contribution < 1.29 is 4.74 Å². The molecule has 100 valence electrons. The highest BCUT2D eigenvalue weighted by Crippen LogP contribution is 2.24. The Bertz CT molecular complexity index is 393. The summed E-state index contributed by atoms with van der Waals surface area (Å²) < 4.78 is 5.64. The molecular formula is C13H18Cl2N2O. The number of piperidine rings is 1. The number of hydrogen-bond acceptors (Lipinski definition) is 3. The minimum Gasteiger partial charge on any atom is -0.378 e. The summed E-state index contributed by atoms with van der Waals surface area (Å²) in [6, 6.07) is 1.98. The van der Waals surface area contributed by atoms with Crippen molar-refractivity contribution in [3.63, 3.8) is 0 Å². The molecule has 2 rings (SSSR count). The number of halogens is 2. The molecule has 1 aromatic heterocycles. The van der Waals surface area contributed by atoms with Crippen molar-refractivity contribution in [2.24, 2.45) is 0 Å². The third kappa shape index (κ3) is 3.28. The lowest BCUT2D eigenvalue weighted by atomic mass is 10.1. The van der Waals surface area contributed by atoms with Crippen LogP contribution in [0, 0.1) is 0 Å². The SMILES string of the molecule is CCOC1CCN(c2cc(CCl)c(Cl)cn2)CC1. The van der Waals surface area contributed by atoms with Gasteiger partial charge < -0.3 is 9.64 Å². The van der Waals surface area contributed by atoms with Crippen LogP contribution in [0.1, 0.15) is 25.3 Å². The predicted molar refractivity (Wildman–Crippen MR) is 75.7 cm³/mol. The van der Waals surface area contributed by atoms with E-state index in [4.69, 9.17) is 27.9 Å². The smallest absolute Gasteiger partial charge is 0.128 e. The maximum absolute atomic E-state index is 6.01. The minimum absolute atomic E-state index is 0.394. The molecule has 5 heteroatoms. The number of aromatic nitrogens is 1. The summed E-state index contributed by atoms with van der Waals surface area (Å²) in [4.78, 5) is 6.64. The Labute approximate surface area is 118 Å². The van der Waals surface area contributed by atoms with E-state index in [1.165, 1.54) is 0 Å². The highest BCUT2D eigenvalue weighted by atomic mass is 35.5. The molecule has 1 aromatic rings. The van der Waals surface area contributed by atoms with Crippen molar-refractivity contribution in [3.05, 3.63) is 22.8 Å². The second-order valence-electron chi connectivity index (χ2n) is 4.41. The molecule has 3 nitrogen and oxygen atoms in total. The number of nitrogens with zero attached hydrogens (tertiary/aromatic N) is 2. The molecule has 18 heavy (non-hydrogen) atoms. The zero-order chi connectivity index (χ0) is 13.0. The van der Waals surface area contributed by atoms with Crippen LogP contribution in [0.2, 0.25) is 5.02 Å². The first-order valence-corrected chi connectivity index (χ1v) is 7.22. The molecule has 0 saturated carbocycles. The van der Waals surface area contributed by atoms with Crippen molar-refractivity contribution in [1.82, 2.24) is 4.98 Å². The summed E-state index contributed by atoms with van der Waals surface area (Å²) >= 11 is 11.9. The van der Waals surface area contributed by atoms with Crippen molar-refractivity contribution >= 4 is 29.0 Å². The van der Waals surface area contributed by atoms with Gasteiger partial charge in [-0.15, -0.1) is 11.6 Å². The minimum atomic E-state index is 0.394. The van der Waals surface area contributed by atoms with Crippen molar-refractivity contribution in [3.8, 4) is 0 Å². The Morgan fingerprint density at radius 3 is 2.78 bits per heavy atom. The van der Waals surface area contributed by atoms with Crippen LogP contribution < -0.4 is 4.90 Å². The van der Waals surface area contributed by atoms with Gasteiger partial charge in [-0.3, -0.25) is 0 Å². The summed E-state index contributed by atoms with van der Waals surface area (Å²) in [7, 11) is 0. The Morgan fingerprint density at radius 2 is 2.17 bits per heavy atom. The van der Waals surface area contributed by atoms with Gasteiger partial charge in [-0.1, -0.05) is 11.6 Å². The summed E-state index contributed by atoms with van der Waals surface area (Å²) in [5.41, 5.74) is 0.940. The summed E-state index contributed by atoms with van der Waals surface area (Å²) in [5.74, 6) is 1.38. The highest BCUT2D eigenvalue weighted by molar-refractivity contribution is 6.32. The number of hydrogen-bond donors (Lipinski definition) is 0. The molecule has 0 atom stereocenters. The van der Waals surface area contributed by atoms with Crippen LogP contribution in [0.5, 0.6) is 0 Å². The lowest BCUT2D eigenvalue weighted by Gasteiger charge is -2.32. The van der Waals surface area contributed by atoms with Crippen LogP contribution in [0.3, 0.4) is 0 Å². The summed E-state index contributed by atoms with van der Waals surface area (Å²) in [6.45, 7) is 4.78. The molecule has 0 aromatic carbocycles. The van der Waals surface area contributed by atoms with E-state index in [0.717, 1.165) is 43.9 Å². The van der Waals surface area contributed by atoms with Crippen molar-refractivity contribution in [2.45, 2.75) is 31.7 Å². The van der Waals surface area contributed by atoms with E-state index < -0.39 is 0 Å². The van der Waals surface area contributed by atoms with Crippen LogP contribution >= 0.6 is 23.2 Å². The van der Waals surface area contributed by atoms with Crippen LogP contribution in [-0.4, -0.2) is 30.8 Å². The molecule has 0 N–H and O–H groups in total. The number of alkyl halides is 1. The van der Waals surface area contributed by atoms with Gasteiger partial charge in [0.2, 0.25) is 0 Å². The lowest BCUT2D eigenvalue weighted by Crippen LogP contribution is -2.37. The van der Waals surface area contributed by atoms with Crippen LogP contribution in [0.4, 0.5) is 5.82 Å². The molecule has 0 radical (unpaired) electrons. The molecule has 1 aliphatic rings. The van der Waals surface area contributed by atoms with Gasteiger partial charge in [-0.05, 0) is 31.4 Å². The van der Waals surface area contributed by atoms with E-state index in [0.29, 0.717) is 17.0 Å². The fourth-order valence-corrected chi connectivity index (χ4v) is 2.69. The van der Waals surface area contributed by atoms with Gasteiger partial charge in [0.25, 0.3) is 0 Å². The van der Waals surface area contributed by atoms with Crippen molar-refractivity contribution in [2.75, 3.05) is 24.6 Å². The van der Waals surface area contributed by atoms with E-state index >= 15 is 0 Å². The van der Waals surface area contributed by atoms with Gasteiger partial charge in [0, 0.05) is 31.8 Å². The van der Waals surface area contributed by atoms with Crippen molar-refractivity contribution in [1.29, 1.82) is 0 Å². The molecule has 0 aliphatic carbocycles. The zero-order valence-corrected chi connectivity index (χ0v) is 12.0. The zero-order valence-electron chi connectivity index (χ0n) is 10.5. The number of anilines is 1. The Kier molecular flexibility index (Phi) is 5.10. The van der Waals surface area contributed by atoms with Gasteiger partial charge in [0.05, 0.1) is 11.1 Å². The maximum atomic E-state index is 6.01. The molecule has 1 fully saturated rings.